The predicted octanol–water partition coefficient (Wildman–Crippen LogP) is 1.15. The van der Waals surface area contributed by atoms with Crippen LogP contribution in [0.1, 0.15) is 12.5 Å². The van der Waals surface area contributed by atoms with Gasteiger partial charge < -0.3 is 13.8 Å². The number of carbonyl (C=O) groups is 2. The molecule has 1 amide bonds. The molecule has 0 spiro atoms. The molecule has 24 heavy (non-hydrogen) atoms. The third-order valence-electron chi connectivity index (χ3n) is 3.26. The van der Waals surface area contributed by atoms with Gasteiger partial charge >= 0.3 is 21.6 Å². The Bertz CT molecular complexity index is 791. The standard InChI is InChI=1S/C13H12F3NO6S/c1-8(18)22-12(7-17(2)11(12)19)9-4-3-5-10(6-9)23-24(20,21)13(14,15)16/h3-6H,7H2,1-2H3/t12-/m0/s1. The van der Waals surface area contributed by atoms with Crippen molar-refractivity contribution < 1.29 is 40.1 Å². The van der Waals surface area contributed by atoms with Crippen LogP contribution in [0.5, 0.6) is 5.75 Å². The minimum atomic E-state index is -5.85. The largest absolute Gasteiger partial charge is 0.534 e. The molecule has 132 valence electrons. The van der Waals surface area contributed by atoms with E-state index in [1.54, 1.807) is 0 Å². The Labute approximate surface area is 135 Å². The fraction of sp³-hybridized carbons (Fsp3) is 0.385. The number of halogens is 3. The van der Waals surface area contributed by atoms with E-state index in [4.69, 9.17) is 4.74 Å². The van der Waals surface area contributed by atoms with Crippen LogP contribution in [0.2, 0.25) is 0 Å². The van der Waals surface area contributed by atoms with Gasteiger partial charge in [-0.3, -0.25) is 9.59 Å². The average molecular weight is 367 g/mol. The quantitative estimate of drug-likeness (QED) is 0.343. The number of likely N-dealkylation sites (N-methyl/N-ethyl adjacent to an activating group) is 1. The zero-order chi connectivity index (χ0) is 18.3. The van der Waals surface area contributed by atoms with Crippen LogP contribution in [0.4, 0.5) is 13.2 Å². The number of rotatable bonds is 4. The minimum Gasteiger partial charge on any atom is -0.442 e. The van der Waals surface area contributed by atoms with Crippen molar-refractivity contribution >= 4 is 22.0 Å². The first kappa shape index (κ1) is 18.0. The van der Waals surface area contributed by atoms with Gasteiger partial charge in [0.2, 0.25) is 5.60 Å². The highest BCUT2D eigenvalue weighted by Gasteiger charge is 2.55. The zero-order valence-corrected chi connectivity index (χ0v) is 13.3. The molecule has 2 rings (SSSR count). The Morgan fingerprint density at radius 3 is 2.42 bits per heavy atom. The van der Waals surface area contributed by atoms with E-state index in [0.717, 1.165) is 19.1 Å². The molecule has 1 aliphatic heterocycles. The van der Waals surface area contributed by atoms with Crippen LogP contribution in [-0.2, 0) is 30.0 Å². The third kappa shape index (κ3) is 3.03. The summed E-state index contributed by atoms with van der Waals surface area (Å²) < 4.78 is 68.3. The lowest BCUT2D eigenvalue weighted by atomic mass is 9.85. The smallest absolute Gasteiger partial charge is 0.442 e. The Hall–Kier alpha value is -2.30. The van der Waals surface area contributed by atoms with Crippen LogP contribution in [0, 0.1) is 0 Å². The van der Waals surface area contributed by atoms with Crippen molar-refractivity contribution in [1.82, 2.24) is 4.90 Å². The molecular weight excluding hydrogens is 355 g/mol. The lowest BCUT2D eigenvalue weighted by Gasteiger charge is -2.45. The highest BCUT2D eigenvalue weighted by atomic mass is 32.2. The van der Waals surface area contributed by atoms with Crippen LogP contribution in [0.3, 0.4) is 0 Å². The number of hydrogen-bond donors (Lipinski definition) is 0. The maximum Gasteiger partial charge on any atom is 0.534 e. The number of carbonyl (C=O) groups excluding carboxylic acids is 2. The van der Waals surface area contributed by atoms with E-state index in [0.29, 0.717) is 0 Å². The van der Waals surface area contributed by atoms with Crippen LogP contribution < -0.4 is 4.18 Å². The van der Waals surface area contributed by atoms with Gasteiger partial charge in [-0.1, -0.05) is 12.1 Å². The first-order valence-electron chi connectivity index (χ1n) is 6.45. The molecular formula is C13H12F3NO6S. The Kier molecular flexibility index (Phi) is 4.25. The highest BCUT2D eigenvalue weighted by Crippen LogP contribution is 2.38. The summed E-state index contributed by atoms with van der Waals surface area (Å²) in [6.07, 6.45) is 0. The monoisotopic (exact) mass is 367 g/mol. The molecule has 1 atom stereocenters. The maximum absolute atomic E-state index is 12.4. The number of ether oxygens (including phenoxy) is 1. The second-order valence-corrected chi connectivity index (χ2v) is 6.63. The maximum atomic E-state index is 12.4. The summed E-state index contributed by atoms with van der Waals surface area (Å²) in [5.41, 5.74) is -7.29. The van der Waals surface area contributed by atoms with E-state index >= 15 is 0 Å². The molecule has 0 bridgehead atoms. The molecule has 0 unspecified atom stereocenters. The van der Waals surface area contributed by atoms with Crippen LogP contribution in [0.25, 0.3) is 0 Å². The van der Waals surface area contributed by atoms with Crippen molar-refractivity contribution in [1.29, 1.82) is 0 Å². The summed E-state index contributed by atoms with van der Waals surface area (Å²) in [5, 5.41) is 0. The zero-order valence-electron chi connectivity index (χ0n) is 12.5. The minimum absolute atomic E-state index is 0.00988. The number of nitrogens with zero attached hydrogens (tertiary/aromatic N) is 1. The fourth-order valence-corrected chi connectivity index (χ4v) is 2.71. The number of esters is 1. The predicted molar refractivity (Wildman–Crippen MR) is 73.1 cm³/mol. The molecule has 0 saturated carbocycles. The molecule has 1 fully saturated rings. The number of alkyl halides is 3. The van der Waals surface area contributed by atoms with Gasteiger partial charge in [0.15, 0.2) is 0 Å². The summed E-state index contributed by atoms with van der Waals surface area (Å²) in [6.45, 7) is 1.04. The van der Waals surface area contributed by atoms with Gasteiger partial charge in [-0.2, -0.15) is 21.6 Å². The Balaban J connectivity index is 2.39. The van der Waals surface area contributed by atoms with E-state index in [1.165, 1.54) is 24.1 Å². The molecule has 1 aromatic rings. The third-order valence-corrected chi connectivity index (χ3v) is 4.24. The van der Waals surface area contributed by atoms with Gasteiger partial charge in [-0.15, -0.1) is 0 Å². The lowest BCUT2D eigenvalue weighted by molar-refractivity contribution is -0.193. The SMILES string of the molecule is CC(=O)O[C@]1(c2cccc(OS(=O)(=O)C(F)(F)F)c2)CN(C)C1=O. The molecule has 1 aliphatic rings. The van der Waals surface area contributed by atoms with Gasteiger partial charge in [0.1, 0.15) is 5.75 Å². The normalized spacial score (nSPS) is 21.2. The van der Waals surface area contributed by atoms with Crippen LogP contribution >= 0.6 is 0 Å². The molecule has 0 radical (unpaired) electrons. The van der Waals surface area contributed by atoms with Crippen LogP contribution in [0.15, 0.2) is 24.3 Å². The topological polar surface area (TPSA) is 90.0 Å². The number of benzene rings is 1. The molecule has 1 heterocycles. The second-order valence-electron chi connectivity index (χ2n) is 5.09. The number of amides is 1. The molecule has 7 nitrogen and oxygen atoms in total. The molecule has 11 heteroatoms. The molecule has 1 saturated heterocycles. The van der Waals surface area contributed by atoms with Crippen molar-refractivity contribution in [3.05, 3.63) is 29.8 Å². The summed E-state index contributed by atoms with van der Waals surface area (Å²) in [5.74, 6) is -2.02. The molecule has 0 N–H and O–H groups in total. The molecule has 0 aromatic heterocycles. The van der Waals surface area contributed by atoms with Gasteiger partial charge in [0.25, 0.3) is 5.91 Å². The summed E-state index contributed by atoms with van der Waals surface area (Å²) in [7, 11) is -4.41. The summed E-state index contributed by atoms with van der Waals surface area (Å²) in [4.78, 5) is 24.6. The van der Waals surface area contributed by atoms with E-state index in [9.17, 15) is 31.2 Å². The highest BCUT2D eigenvalue weighted by molar-refractivity contribution is 7.88. The lowest BCUT2D eigenvalue weighted by Crippen LogP contribution is -2.64. The van der Waals surface area contributed by atoms with Crippen molar-refractivity contribution in [3.63, 3.8) is 0 Å². The van der Waals surface area contributed by atoms with E-state index in [1.807, 2.05) is 0 Å². The van der Waals surface area contributed by atoms with E-state index in [2.05, 4.69) is 4.18 Å². The van der Waals surface area contributed by atoms with Gasteiger partial charge in [0, 0.05) is 19.5 Å². The average Bonchev–Trinajstić information content (AvgIpc) is 2.44. The summed E-state index contributed by atoms with van der Waals surface area (Å²) in [6, 6.07) is 4.40. The van der Waals surface area contributed by atoms with Gasteiger partial charge in [-0.05, 0) is 12.1 Å². The van der Waals surface area contributed by atoms with Crippen molar-refractivity contribution in [2.45, 2.75) is 18.0 Å². The molecule has 0 aliphatic carbocycles. The van der Waals surface area contributed by atoms with Gasteiger partial charge in [-0.25, -0.2) is 0 Å². The first-order chi connectivity index (χ1) is 10.9. The van der Waals surface area contributed by atoms with E-state index in [-0.39, 0.29) is 12.1 Å². The Morgan fingerprint density at radius 2 is 1.96 bits per heavy atom. The summed E-state index contributed by atoms with van der Waals surface area (Å²) >= 11 is 0. The van der Waals surface area contributed by atoms with Crippen molar-refractivity contribution in [2.24, 2.45) is 0 Å². The second kappa shape index (κ2) is 5.65. The molecule has 1 aromatic carbocycles. The van der Waals surface area contributed by atoms with Crippen molar-refractivity contribution in [3.8, 4) is 5.75 Å². The van der Waals surface area contributed by atoms with Crippen molar-refractivity contribution in [2.75, 3.05) is 13.6 Å². The van der Waals surface area contributed by atoms with Gasteiger partial charge in [0.05, 0.1) is 6.54 Å². The fourth-order valence-electron chi connectivity index (χ4n) is 2.26. The van der Waals surface area contributed by atoms with E-state index < -0.39 is 38.9 Å². The Morgan fingerprint density at radius 1 is 1.33 bits per heavy atom. The number of hydrogen-bond acceptors (Lipinski definition) is 6. The van der Waals surface area contributed by atoms with Crippen LogP contribution in [-0.4, -0.2) is 44.3 Å². The number of β-lactam (4-membered cyclic amide) rings is 1. The first-order valence-corrected chi connectivity index (χ1v) is 7.86. The number of likely N-dealkylation sites (tertiary alicyclic amines) is 1.